The maximum atomic E-state index is 12.3. The fourth-order valence-electron chi connectivity index (χ4n) is 2.66. The third kappa shape index (κ3) is 3.68. The second kappa shape index (κ2) is 7.20. The maximum absolute atomic E-state index is 12.3. The summed E-state index contributed by atoms with van der Waals surface area (Å²) in [6, 6.07) is 12.0. The molecule has 0 atom stereocenters. The van der Waals surface area contributed by atoms with Gasteiger partial charge in [0.2, 0.25) is 0 Å². The molecule has 3 rings (SSSR count). The Morgan fingerprint density at radius 1 is 1.00 bits per heavy atom. The van der Waals surface area contributed by atoms with Crippen molar-refractivity contribution < 1.29 is 9.90 Å². The molecule has 1 fully saturated rings. The molecule has 0 radical (unpaired) electrons. The summed E-state index contributed by atoms with van der Waals surface area (Å²) in [7, 11) is 0. The number of urea groups is 1. The van der Waals surface area contributed by atoms with Gasteiger partial charge in [-0.25, -0.2) is 4.79 Å². The van der Waals surface area contributed by atoms with Crippen LogP contribution in [0.5, 0.6) is 5.75 Å². The van der Waals surface area contributed by atoms with Crippen LogP contribution in [0.4, 0.5) is 16.2 Å². The highest BCUT2D eigenvalue weighted by Crippen LogP contribution is 2.28. The van der Waals surface area contributed by atoms with E-state index in [-0.39, 0.29) is 11.8 Å². The van der Waals surface area contributed by atoms with E-state index in [1.807, 2.05) is 12.1 Å². The summed E-state index contributed by atoms with van der Waals surface area (Å²) < 4.78 is 0. The van der Waals surface area contributed by atoms with Crippen molar-refractivity contribution in [2.24, 2.45) is 0 Å². The summed E-state index contributed by atoms with van der Waals surface area (Å²) in [5, 5.41) is 13.6. The van der Waals surface area contributed by atoms with Gasteiger partial charge in [0, 0.05) is 31.9 Å². The van der Waals surface area contributed by atoms with Crippen LogP contribution < -0.4 is 10.2 Å². The van der Waals surface area contributed by atoms with E-state index in [1.54, 1.807) is 35.2 Å². The zero-order valence-electron chi connectivity index (χ0n) is 12.9. The van der Waals surface area contributed by atoms with E-state index < -0.39 is 0 Å². The Labute approximate surface area is 150 Å². The second-order valence-electron chi connectivity index (χ2n) is 5.52. The zero-order chi connectivity index (χ0) is 17.1. The van der Waals surface area contributed by atoms with E-state index in [1.165, 1.54) is 0 Å². The number of benzene rings is 2. The first-order valence-electron chi connectivity index (χ1n) is 7.58. The largest absolute Gasteiger partial charge is 0.506 e. The quantitative estimate of drug-likeness (QED) is 0.843. The van der Waals surface area contributed by atoms with E-state index in [0.29, 0.717) is 41.9 Å². The molecule has 0 unspecified atom stereocenters. The van der Waals surface area contributed by atoms with Crippen LogP contribution in [0.15, 0.2) is 42.5 Å². The molecular weight excluding hydrogens is 349 g/mol. The number of hydrogen-bond acceptors (Lipinski definition) is 3. The summed E-state index contributed by atoms with van der Waals surface area (Å²) in [6.07, 6.45) is 0. The first-order chi connectivity index (χ1) is 11.5. The van der Waals surface area contributed by atoms with E-state index in [0.717, 1.165) is 5.69 Å². The van der Waals surface area contributed by atoms with E-state index in [2.05, 4.69) is 10.2 Å². The minimum absolute atomic E-state index is 0.176. The van der Waals surface area contributed by atoms with Gasteiger partial charge in [-0.2, -0.15) is 0 Å². The standard InChI is InChI=1S/C17H17Cl2N3O2/c18-13-6-5-12(11-14(13)19)20-17(24)22-9-7-21(8-10-22)15-3-1-2-4-16(15)23/h1-6,11,23H,7-10H2,(H,20,24). The van der Waals surface area contributed by atoms with Gasteiger partial charge in [-0.15, -0.1) is 0 Å². The van der Waals surface area contributed by atoms with Crippen LogP contribution in [0.2, 0.25) is 10.0 Å². The summed E-state index contributed by atoms with van der Waals surface area (Å²) >= 11 is 11.8. The molecule has 2 aromatic carbocycles. The highest BCUT2D eigenvalue weighted by atomic mass is 35.5. The number of carbonyl (C=O) groups excluding carboxylic acids is 1. The molecule has 1 aliphatic rings. The second-order valence-corrected chi connectivity index (χ2v) is 6.34. The van der Waals surface area contributed by atoms with Crippen LogP contribution in [0.1, 0.15) is 0 Å². The van der Waals surface area contributed by atoms with Crippen molar-refractivity contribution in [1.82, 2.24) is 4.90 Å². The number of rotatable bonds is 2. The number of carbonyl (C=O) groups is 1. The fraction of sp³-hybridized carbons (Fsp3) is 0.235. The molecule has 0 aliphatic carbocycles. The molecule has 1 saturated heterocycles. The number of aromatic hydroxyl groups is 1. The van der Waals surface area contributed by atoms with Crippen LogP contribution in [0.25, 0.3) is 0 Å². The molecule has 2 aromatic rings. The Kier molecular flexibility index (Phi) is 5.02. The Hall–Kier alpha value is -2.11. The smallest absolute Gasteiger partial charge is 0.321 e. The fourth-order valence-corrected chi connectivity index (χ4v) is 2.96. The number of phenols is 1. The minimum atomic E-state index is -0.176. The lowest BCUT2D eigenvalue weighted by Gasteiger charge is -2.36. The van der Waals surface area contributed by atoms with Gasteiger partial charge in [-0.1, -0.05) is 35.3 Å². The van der Waals surface area contributed by atoms with Crippen LogP contribution >= 0.6 is 23.2 Å². The predicted octanol–water partition coefficient (Wildman–Crippen LogP) is 4.05. The summed E-state index contributed by atoms with van der Waals surface area (Å²) in [4.78, 5) is 16.1. The van der Waals surface area contributed by atoms with Gasteiger partial charge in [-0.3, -0.25) is 0 Å². The molecule has 0 aromatic heterocycles. The van der Waals surface area contributed by atoms with Crippen molar-refractivity contribution >= 4 is 40.6 Å². The average molecular weight is 366 g/mol. The lowest BCUT2D eigenvalue weighted by atomic mass is 10.2. The molecule has 24 heavy (non-hydrogen) atoms. The number of nitrogens with zero attached hydrogens (tertiary/aromatic N) is 2. The molecular formula is C17H17Cl2N3O2. The minimum Gasteiger partial charge on any atom is -0.506 e. The van der Waals surface area contributed by atoms with Gasteiger partial charge >= 0.3 is 6.03 Å². The van der Waals surface area contributed by atoms with Gasteiger partial charge in [0.15, 0.2) is 0 Å². The molecule has 126 valence electrons. The van der Waals surface area contributed by atoms with E-state index in [4.69, 9.17) is 23.2 Å². The Balaban J connectivity index is 1.59. The SMILES string of the molecule is O=C(Nc1ccc(Cl)c(Cl)c1)N1CCN(c2ccccc2O)CC1. The van der Waals surface area contributed by atoms with Crippen molar-refractivity contribution in [2.75, 3.05) is 36.4 Å². The van der Waals surface area contributed by atoms with Gasteiger partial charge in [-0.05, 0) is 30.3 Å². The van der Waals surface area contributed by atoms with Gasteiger partial charge in [0.25, 0.3) is 0 Å². The highest BCUT2D eigenvalue weighted by Gasteiger charge is 2.22. The summed E-state index contributed by atoms with van der Waals surface area (Å²) in [6.45, 7) is 2.46. The normalized spacial score (nSPS) is 14.6. The van der Waals surface area contributed by atoms with Crippen LogP contribution in [-0.4, -0.2) is 42.2 Å². The molecule has 5 nitrogen and oxygen atoms in total. The van der Waals surface area contributed by atoms with E-state index >= 15 is 0 Å². The van der Waals surface area contributed by atoms with Gasteiger partial charge in [0.05, 0.1) is 15.7 Å². The predicted molar refractivity (Wildman–Crippen MR) is 97.4 cm³/mol. The zero-order valence-corrected chi connectivity index (χ0v) is 14.4. The molecule has 1 heterocycles. The van der Waals surface area contributed by atoms with Crippen LogP contribution in [0, 0.1) is 0 Å². The van der Waals surface area contributed by atoms with E-state index in [9.17, 15) is 9.90 Å². The summed E-state index contributed by atoms with van der Waals surface area (Å²) in [5.41, 5.74) is 1.40. The molecule has 2 amide bonds. The number of nitrogens with one attached hydrogen (secondary N) is 1. The van der Waals surface area contributed by atoms with Crippen molar-refractivity contribution in [2.45, 2.75) is 0 Å². The number of halogens is 2. The topological polar surface area (TPSA) is 55.8 Å². The van der Waals surface area contributed by atoms with Crippen molar-refractivity contribution in [3.8, 4) is 5.75 Å². The lowest BCUT2D eigenvalue weighted by Crippen LogP contribution is -2.50. The number of phenolic OH excluding ortho intramolecular Hbond substituents is 1. The average Bonchev–Trinajstić information content (AvgIpc) is 2.59. The molecule has 0 bridgehead atoms. The monoisotopic (exact) mass is 365 g/mol. The molecule has 7 heteroatoms. The third-order valence-electron chi connectivity index (χ3n) is 3.96. The Bertz CT molecular complexity index is 746. The molecule has 0 saturated carbocycles. The number of para-hydroxylation sites is 2. The van der Waals surface area contributed by atoms with Crippen molar-refractivity contribution in [1.29, 1.82) is 0 Å². The summed E-state index contributed by atoms with van der Waals surface area (Å²) in [5.74, 6) is 0.256. The van der Waals surface area contributed by atoms with Gasteiger partial charge in [0.1, 0.15) is 5.75 Å². The molecule has 1 aliphatic heterocycles. The number of anilines is 2. The van der Waals surface area contributed by atoms with Crippen molar-refractivity contribution in [3.05, 3.63) is 52.5 Å². The number of piperazine rings is 1. The van der Waals surface area contributed by atoms with Crippen molar-refractivity contribution in [3.63, 3.8) is 0 Å². The Morgan fingerprint density at radius 3 is 2.38 bits per heavy atom. The first-order valence-corrected chi connectivity index (χ1v) is 8.34. The number of hydrogen-bond donors (Lipinski definition) is 2. The lowest BCUT2D eigenvalue weighted by molar-refractivity contribution is 0.208. The third-order valence-corrected chi connectivity index (χ3v) is 4.70. The number of amides is 2. The van der Waals surface area contributed by atoms with Crippen LogP contribution in [-0.2, 0) is 0 Å². The van der Waals surface area contributed by atoms with Crippen LogP contribution in [0.3, 0.4) is 0 Å². The Morgan fingerprint density at radius 2 is 1.71 bits per heavy atom. The highest BCUT2D eigenvalue weighted by molar-refractivity contribution is 6.42. The van der Waals surface area contributed by atoms with Gasteiger partial charge < -0.3 is 20.2 Å². The molecule has 2 N–H and O–H groups in total. The first kappa shape index (κ1) is 16.7. The molecule has 0 spiro atoms. The maximum Gasteiger partial charge on any atom is 0.321 e.